The van der Waals surface area contributed by atoms with Crippen molar-refractivity contribution in [2.45, 2.75) is 63.2 Å². The van der Waals surface area contributed by atoms with E-state index in [1.807, 2.05) is 0 Å². The molecule has 8 heteroatoms. The van der Waals surface area contributed by atoms with E-state index in [4.69, 9.17) is 0 Å². The van der Waals surface area contributed by atoms with E-state index in [0.29, 0.717) is 32.1 Å². The molecule has 0 radical (unpaired) electrons. The fourth-order valence-electron chi connectivity index (χ4n) is 3.48. The number of hydrogen-bond acceptors (Lipinski definition) is 0. The fourth-order valence-corrected chi connectivity index (χ4v) is 3.48. The number of benzene rings is 1. The minimum atomic E-state index is -5.08. The van der Waals surface area contributed by atoms with Crippen molar-refractivity contribution in [2.24, 2.45) is 5.92 Å². The maximum absolute atomic E-state index is 13.7. The quantitative estimate of drug-likeness (QED) is 0.354. The van der Waals surface area contributed by atoms with Crippen molar-refractivity contribution in [3.63, 3.8) is 0 Å². The molecule has 1 fully saturated rings. The standard InChI is InChI=1S/C19H20F8/c20-15-10-14(11-16(21)17(15)19(25,26)27)13-7-5-12(6-8-13)4-2-1-3-9-18(22,23)24/h1-2,10-13H,3-9H2. The van der Waals surface area contributed by atoms with E-state index in [1.165, 1.54) is 6.08 Å². The summed E-state index contributed by atoms with van der Waals surface area (Å²) in [5.74, 6) is -3.17. The Hall–Kier alpha value is -1.60. The third-order valence-electron chi connectivity index (χ3n) is 4.90. The molecule has 152 valence electrons. The van der Waals surface area contributed by atoms with Crippen LogP contribution in [0, 0.1) is 17.6 Å². The third-order valence-corrected chi connectivity index (χ3v) is 4.90. The summed E-state index contributed by atoms with van der Waals surface area (Å²) in [4.78, 5) is 0. The topological polar surface area (TPSA) is 0 Å². The van der Waals surface area contributed by atoms with Gasteiger partial charge >= 0.3 is 12.4 Å². The first kappa shape index (κ1) is 21.7. The first-order chi connectivity index (χ1) is 12.5. The number of alkyl halides is 6. The molecule has 0 aromatic heterocycles. The van der Waals surface area contributed by atoms with E-state index in [-0.39, 0.29) is 23.8 Å². The van der Waals surface area contributed by atoms with Crippen LogP contribution >= 0.6 is 0 Å². The smallest absolute Gasteiger partial charge is 0.206 e. The molecular weight excluding hydrogens is 380 g/mol. The molecule has 0 atom stereocenters. The predicted octanol–water partition coefficient (Wildman–Crippen LogP) is 7.55. The molecule has 0 heterocycles. The highest BCUT2D eigenvalue weighted by molar-refractivity contribution is 5.30. The van der Waals surface area contributed by atoms with Crippen LogP contribution in [0.4, 0.5) is 35.1 Å². The van der Waals surface area contributed by atoms with Gasteiger partial charge in [0, 0.05) is 6.42 Å². The first-order valence-electron chi connectivity index (χ1n) is 8.75. The van der Waals surface area contributed by atoms with Crippen LogP contribution in [0.25, 0.3) is 0 Å². The summed E-state index contributed by atoms with van der Waals surface area (Å²) in [6, 6.07) is 1.52. The summed E-state index contributed by atoms with van der Waals surface area (Å²) in [6.07, 6.45) is -3.77. The Morgan fingerprint density at radius 3 is 1.89 bits per heavy atom. The zero-order valence-corrected chi connectivity index (χ0v) is 14.4. The minimum absolute atomic E-state index is 0.0665. The Balaban J connectivity index is 1.88. The van der Waals surface area contributed by atoms with Crippen molar-refractivity contribution >= 4 is 0 Å². The summed E-state index contributed by atoms with van der Waals surface area (Å²) in [5, 5.41) is 0. The molecule has 2 rings (SSSR count). The van der Waals surface area contributed by atoms with Gasteiger partial charge in [-0.05, 0) is 68.1 Å². The van der Waals surface area contributed by atoms with Gasteiger partial charge in [0.25, 0.3) is 0 Å². The second kappa shape index (κ2) is 8.61. The number of halogens is 8. The molecule has 0 spiro atoms. The van der Waals surface area contributed by atoms with Crippen LogP contribution < -0.4 is 0 Å². The fraction of sp³-hybridized carbons (Fsp3) is 0.579. The maximum atomic E-state index is 13.7. The van der Waals surface area contributed by atoms with Crippen molar-refractivity contribution in [1.82, 2.24) is 0 Å². The molecule has 0 unspecified atom stereocenters. The molecule has 0 amide bonds. The average molecular weight is 400 g/mol. The molecule has 1 aliphatic carbocycles. The van der Waals surface area contributed by atoms with Crippen LogP contribution in [0.2, 0.25) is 0 Å². The van der Waals surface area contributed by atoms with Gasteiger partial charge in [-0.2, -0.15) is 26.3 Å². The van der Waals surface area contributed by atoms with Crippen molar-refractivity contribution < 1.29 is 35.1 Å². The lowest BCUT2D eigenvalue weighted by atomic mass is 9.77. The molecular formula is C19H20F8. The van der Waals surface area contributed by atoms with Crippen molar-refractivity contribution in [3.05, 3.63) is 47.0 Å². The largest absolute Gasteiger partial charge is 0.422 e. The lowest BCUT2D eigenvalue weighted by Gasteiger charge is -2.28. The van der Waals surface area contributed by atoms with E-state index in [2.05, 4.69) is 0 Å². The highest BCUT2D eigenvalue weighted by atomic mass is 19.4. The Labute approximate surface area is 152 Å². The summed E-state index contributed by atoms with van der Waals surface area (Å²) < 4.78 is 101. The number of allylic oxidation sites excluding steroid dienone is 2. The second-order valence-corrected chi connectivity index (χ2v) is 6.94. The lowest BCUT2D eigenvalue weighted by molar-refractivity contribution is -0.142. The minimum Gasteiger partial charge on any atom is -0.206 e. The van der Waals surface area contributed by atoms with Crippen LogP contribution in [-0.2, 0) is 6.18 Å². The number of rotatable bonds is 5. The highest BCUT2D eigenvalue weighted by Gasteiger charge is 2.38. The van der Waals surface area contributed by atoms with Crippen LogP contribution in [0.15, 0.2) is 24.3 Å². The average Bonchev–Trinajstić information content (AvgIpc) is 2.52. The van der Waals surface area contributed by atoms with E-state index >= 15 is 0 Å². The first-order valence-corrected chi connectivity index (χ1v) is 8.75. The van der Waals surface area contributed by atoms with Gasteiger partial charge in [-0.3, -0.25) is 0 Å². The second-order valence-electron chi connectivity index (χ2n) is 6.94. The van der Waals surface area contributed by atoms with Crippen molar-refractivity contribution in [1.29, 1.82) is 0 Å². The molecule has 0 aliphatic heterocycles. The Morgan fingerprint density at radius 1 is 0.852 bits per heavy atom. The van der Waals surface area contributed by atoms with E-state index < -0.39 is 36.0 Å². The Bertz CT molecular complexity index is 626. The summed E-state index contributed by atoms with van der Waals surface area (Å²) in [5.41, 5.74) is -1.65. The maximum Gasteiger partial charge on any atom is 0.422 e. The van der Waals surface area contributed by atoms with Gasteiger partial charge in [0.15, 0.2) is 0 Å². The van der Waals surface area contributed by atoms with E-state index in [9.17, 15) is 35.1 Å². The summed E-state index contributed by atoms with van der Waals surface area (Å²) >= 11 is 0. The van der Waals surface area contributed by atoms with Crippen molar-refractivity contribution in [2.75, 3.05) is 0 Å². The summed E-state index contributed by atoms with van der Waals surface area (Å²) in [6.45, 7) is 0. The highest BCUT2D eigenvalue weighted by Crippen LogP contribution is 2.40. The monoisotopic (exact) mass is 400 g/mol. The van der Waals surface area contributed by atoms with Gasteiger partial charge in [-0.1, -0.05) is 12.2 Å². The van der Waals surface area contributed by atoms with Gasteiger partial charge < -0.3 is 0 Å². The third kappa shape index (κ3) is 6.50. The predicted molar refractivity (Wildman–Crippen MR) is 85.1 cm³/mol. The van der Waals surface area contributed by atoms with Gasteiger partial charge in [-0.25, -0.2) is 8.78 Å². The molecule has 27 heavy (non-hydrogen) atoms. The van der Waals surface area contributed by atoms with E-state index in [0.717, 1.165) is 12.1 Å². The van der Waals surface area contributed by atoms with Crippen LogP contribution in [0.1, 0.15) is 62.0 Å². The summed E-state index contributed by atoms with van der Waals surface area (Å²) in [7, 11) is 0. The molecule has 0 nitrogen and oxygen atoms in total. The Kier molecular flexibility index (Phi) is 6.92. The van der Waals surface area contributed by atoms with Gasteiger partial charge in [-0.15, -0.1) is 0 Å². The van der Waals surface area contributed by atoms with Crippen LogP contribution in [0.5, 0.6) is 0 Å². The molecule has 1 aromatic carbocycles. The molecule has 1 saturated carbocycles. The molecule has 1 aromatic rings. The molecule has 0 bridgehead atoms. The van der Waals surface area contributed by atoms with Crippen LogP contribution in [-0.4, -0.2) is 6.18 Å². The van der Waals surface area contributed by atoms with E-state index in [1.54, 1.807) is 6.08 Å². The lowest BCUT2D eigenvalue weighted by Crippen LogP contribution is -2.16. The SMILES string of the molecule is Fc1cc(C2CCC(CC=CCCC(F)(F)F)CC2)cc(F)c1C(F)(F)F. The number of hydrogen-bond donors (Lipinski definition) is 0. The van der Waals surface area contributed by atoms with Gasteiger partial charge in [0.2, 0.25) is 0 Å². The van der Waals surface area contributed by atoms with Crippen LogP contribution in [0.3, 0.4) is 0 Å². The Morgan fingerprint density at radius 2 is 1.41 bits per heavy atom. The zero-order valence-electron chi connectivity index (χ0n) is 14.4. The van der Waals surface area contributed by atoms with Gasteiger partial charge in [0.05, 0.1) is 0 Å². The molecule has 0 N–H and O–H groups in total. The van der Waals surface area contributed by atoms with Crippen molar-refractivity contribution in [3.8, 4) is 0 Å². The molecule has 1 aliphatic rings. The van der Waals surface area contributed by atoms with Gasteiger partial charge in [0.1, 0.15) is 17.2 Å². The normalized spacial score (nSPS) is 21.8. The molecule has 0 saturated heterocycles. The zero-order chi connectivity index (χ0) is 20.2.